The van der Waals surface area contributed by atoms with E-state index in [0.717, 1.165) is 51.4 Å². The van der Waals surface area contributed by atoms with Crippen LogP contribution in [0.4, 0.5) is 0 Å². The maximum absolute atomic E-state index is 12.5. The fourth-order valence-electron chi connectivity index (χ4n) is 3.97. The highest BCUT2D eigenvalue weighted by atomic mass is 16.5. The fraction of sp³-hybridized carbons (Fsp3) is 0.938. The molecule has 1 aliphatic carbocycles. The van der Waals surface area contributed by atoms with E-state index in [1.54, 1.807) is 0 Å². The zero-order valence-electron chi connectivity index (χ0n) is 13.1. The molecule has 0 amide bonds. The SMILES string of the molecule is CCCC1CCC(C(=O)OC)(N2CCCNCC2)CC1. The number of esters is 1. The van der Waals surface area contributed by atoms with Gasteiger partial charge in [0.05, 0.1) is 7.11 Å². The van der Waals surface area contributed by atoms with E-state index in [1.165, 1.54) is 32.8 Å². The molecule has 1 aliphatic heterocycles. The van der Waals surface area contributed by atoms with Gasteiger partial charge in [0.25, 0.3) is 0 Å². The summed E-state index contributed by atoms with van der Waals surface area (Å²) in [7, 11) is 1.54. The first-order valence-electron chi connectivity index (χ1n) is 8.27. The van der Waals surface area contributed by atoms with E-state index in [1.807, 2.05) is 0 Å². The van der Waals surface area contributed by atoms with Crippen LogP contribution in [0.1, 0.15) is 51.9 Å². The number of rotatable bonds is 4. The Hall–Kier alpha value is -0.610. The van der Waals surface area contributed by atoms with Crippen molar-refractivity contribution in [3.05, 3.63) is 0 Å². The molecule has 1 saturated heterocycles. The smallest absolute Gasteiger partial charge is 0.326 e. The molecule has 116 valence electrons. The van der Waals surface area contributed by atoms with Crippen LogP contribution in [-0.4, -0.2) is 49.7 Å². The second kappa shape index (κ2) is 7.41. The van der Waals surface area contributed by atoms with E-state index in [9.17, 15) is 4.79 Å². The standard InChI is InChI=1S/C16H30N2O2/c1-3-5-14-6-8-16(9-7-14,15(19)20-2)18-12-4-10-17-11-13-18/h14,17H,3-13H2,1-2H3. The second-order valence-electron chi connectivity index (χ2n) is 6.35. The minimum Gasteiger partial charge on any atom is -0.468 e. The molecule has 2 aliphatic rings. The molecule has 0 aromatic rings. The monoisotopic (exact) mass is 282 g/mol. The molecule has 0 unspecified atom stereocenters. The first-order valence-corrected chi connectivity index (χ1v) is 8.27. The molecule has 0 atom stereocenters. The highest BCUT2D eigenvalue weighted by molar-refractivity contribution is 5.81. The predicted octanol–water partition coefficient (Wildman–Crippen LogP) is 2.18. The van der Waals surface area contributed by atoms with Crippen molar-refractivity contribution in [2.45, 2.75) is 57.4 Å². The molecule has 2 rings (SSSR count). The van der Waals surface area contributed by atoms with E-state index < -0.39 is 0 Å². The van der Waals surface area contributed by atoms with Crippen LogP contribution in [0.15, 0.2) is 0 Å². The zero-order chi connectivity index (χ0) is 14.4. The number of nitrogens with zero attached hydrogens (tertiary/aromatic N) is 1. The summed E-state index contributed by atoms with van der Waals surface area (Å²) in [5.41, 5.74) is -0.342. The summed E-state index contributed by atoms with van der Waals surface area (Å²) in [5, 5.41) is 3.43. The lowest BCUT2D eigenvalue weighted by Gasteiger charge is -2.45. The van der Waals surface area contributed by atoms with Crippen LogP contribution in [-0.2, 0) is 9.53 Å². The highest BCUT2D eigenvalue weighted by Crippen LogP contribution is 2.39. The number of methoxy groups -OCH3 is 1. The van der Waals surface area contributed by atoms with Gasteiger partial charge in [0.1, 0.15) is 5.54 Å². The average molecular weight is 282 g/mol. The van der Waals surface area contributed by atoms with Gasteiger partial charge in [-0.05, 0) is 44.6 Å². The number of hydrogen-bond donors (Lipinski definition) is 1. The Bertz CT molecular complexity index is 304. The summed E-state index contributed by atoms with van der Waals surface area (Å²) < 4.78 is 5.18. The third-order valence-electron chi connectivity index (χ3n) is 5.14. The van der Waals surface area contributed by atoms with Gasteiger partial charge in [0, 0.05) is 19.6 Å². The van der Waals surface area contributed by atoms with Crippen molar-refractivity contribution in [2.75, 3.05) is 33.3 Å². The number of carbonyl (C=O) groups is 1. The van der Waals surface area contributed by atoms with E-state index in [-0.39, 0.29) is 11.5 Å². The van der Waals surface area contributed by atoms with Gasteiger partial charge in [-0.3, -0.25) is 9.69 Å². The summed E-state index contributed by atoms with van der Waals surface area (Å²) in [6.45, 7) is 6.28. The van der Waals surface area contributed by atoms with Crippen molar-refractivity contribution in [3.63, 3.8) is 0 Å². The van der Waals surface area contributed by atoms with Crippen molar-refractivity contribution < 1.29 is 9.53 Å². The summed E-state index contributed by atoms with van der Waals surface area (Å²) in [4.78, 5) is 14.9. The van der Waals surface area contributed by atoms with E-state index >= 15 is 0 Å². The molecule has 1 saturated carbocycles. The fourth-order valence-corrected chi connectivity index (χ4v) is 3.97. The van der Waals surface area contributed by atoms with Crippen LogP contribution in [0.3, 0.4) is 0 Å². The number of carbonyl (C=O) groups excluding carboxylic acids is 1. The van der Waals surface area contributed by atoms with Crippen LogP contribution in [0.25, 0.3) is 0 Å². The molecule has 2 fully saturated rings. The number of hydrogen-bond acceptors (Lipinski definition) is 4. The lowest BCUT2D eigenvalue weighted by Crippen LogP contribution is -2.57. The van der Waals surface area contributed by atoms with Crippen LogP contribution in [0.2, 0.25) is 0 Å². The normalized spacial score (nSPS) is 32.6. The minimum atomic E-state index is -0.342. The predicted molar refractivity (Wildman–Crippen MR) is 80.7 cm³/mol. The topological polar surface area (TPSA) is 41.6 Å². The number of nitrogens with one attached hydrogen (secondary N) is 1. The first-order chi connectivity index (χ1) is 9.73. The molecule has 1 N–H and O–H groups in total. The van der Waals surface area contributed by atoms with Gasteiger partial charge < -0.3 is 10.1 Å². The Morgan fingerprint density at radius 3 is 2.70 bits per heavy atom. The molecule has 4 nitrogen and oxygen atoms in total. The summed E-state index contributed by atoms with van der Waals surface area (Å²) in [6.07, 6.45) is 7.98. The van der Waals surface area contributed by atoms with E-state index in [4.69, 9.17) is 4.74 Å². The molecule has 0 aromatic carbocycles. The van der Waals surface area contributed by atoms with Crippen molar-refractivity contribution in [2.24, 2.45) is 5.92 Å². The lowest BCUT2D eigenvalue weighted by molar-refractivity contribution is -0.158. The summed E-state index contributed by atoms with van der Waals surface area (Å²) in [5.74, 6) is 0.803. The maximum atomic E-state index is 12.5. The molecule has 0 aromatic heterocycles. The van der Waals surface area contributed by atoms with Crippen LogP contribution in [0.5, 0.6) is 0 Å². The van der Waals surface area contributed by atoms with Crippen LogP contribution in [0, 0.1) is 5.92 Å². The van der Waals surface area contributed by atoms with Gasteiger partial charge in [0.2, 0.25) is 0 Å². The number of ether oxygens (including phenoxy) is 1. The van der Waals surface area contributed by atoms with Gasteiger partial charge in [-0.1, -0.05) is 19.8 Å². The van der Waals surface area contributed by atoms with Gasteiger partial charge in [-0.15, -0.1) is 0 Å². The van der Waals surface area contributed by atoms with E-state index in [0.29, 0.717) is 0 Å². The minimum absolute atomic E-state index is 0.00523. The molecular weight excluding hydrogens is 252 g/mol. The maximum Gasteiger partial charge on any atom is 0.326 e. The van der Waals surface area contributed by atoms with Gasteiger partial charge in [-0.2, -0.15) is 0 Å². The van der Waals surface area contributed by atoms with Gasteiger partial charge in [-0.25, -0.2) is 0 Å². The highest BCUT2D eigenvalue weighted by Gasteiger charge is 2.47. The van der Waals surface area contributed by atoms with Gasteiger partial charge in [0.15, 0.2) is 0 Å². The largest absolute Gasteiger partial charge is 0.468 e. The Morgan fingerprint density at radius 2 is 2.05 bits per heavy atom. The molecule has 0 radical (unpaired) electrons. The Kier molecular flexibility index (Phi) is 5.85. The molecule has 20 heavy (non-hydrogen) atoms. The molecule has 0 spiro atoms. The third kappa shape index (κ3) is 3.34. The van der Waals surface area contributed by atoms with Gasteiger partial charge >= 0.3 is 5.97 Å². The molecule has 1 heterocycles. The van der Waals surface area contributed by atoms with Crippen molar-refractivity contribution in [1.29, 1.82) is 0 Å². The van der Waals surface area contributed by atoms with Crippen molar-refractivity contribution in [3.8, 4) is 0 Å². The quantitative estimate of drug-likeness (QED) is 0.803. The summed E-state index contributed by atoms with van der Waals surface area (Å²) in [6, 6.07) is 0. The van der Waals surface area contributed by atoms with Crippen LogP contribution < -0.4 is 5.32 Å². The average Bonchev–Trinajstić information content (AvgIpc) is 2.77. The van der Waals surface area contributed by atoms with E-state index in [2.05, 4.69) is 17.1 Å². The molecule has 0 bridgehead atoms. The zero-order valence-corrected chi connectivity index (χ0v) is 13.1. The Morgan fingerprint density at radius 1 is 1.30 bits per heavy atom. The van der Waals surface area contributed by atoms with Crippen molar-refractivity contribution >= 4 is 5.97 Å². The van der Waals surface area contributed by atoms with Crippen LogP contribution >= 0.6 is 0 Å². The Balaban J connectivity index is 2.08. The first kappa shape index (κ1) is 15.8. The second-order valence-corrected chi connectivity index (χ2v) is 6.35. The molecular formula is C16H30N2O2. The Labute approximate surface area is 123 Å². The summed E-state index contributed by atoms with van der Waals surface area (Å²) >= 11 is 0. The molecule has 4 heteroatoms. The third-order valence-corrected chi connectivity index (χ3v) is 5.14. The lowest BCUT2D eigenvalue weighted by atomic mass is 9.74. The van der Waals surface area contributed by atoms with Crippen molar-refractivity contribution in [1.82, 2.24) is 10.2 Å².